The maximum atomic E-state index is 12.1. The number of benzene rings is 1. The van der Waals surface area contributed by atoms with Gasteiger partial charge in [0.15, 0.2) is 11.2 Å². The van der Waals surface area contributed by atoms with Crippen LogP contribution < -0.4 is 21.7 Å². The largest absolute Gasteiger partial charge is 0.491 e. The van der Waals surface area contributed by atoms with E-state index in [4.69, 9.17) is 10.5 Å². The van der Waals surface area contributed by atoms with Crippen LogP contribution in [0.15, 0.2) is 33.9 Å². The number of H-pyrrole nitrogens is 1. The molecule has 0 radical (unpaired) electrons. The van der Waals surface area contributed by atoms with Crippen LogP contribution in [0.5, 0.6) is 5.75 Å². The highest BCUT2D eigenvalue weighted by molar-refractivity contribution is 5.73. The topological polar surface area (TPSA) is 128 Å². The molecule has 1 atom stereocenters. The van der Waals surface area contributed by atoms with Crippen molar-refractivity contribution >= 4 is 17.1 Å². The zero-order chi connectivity index (χ0) is 18.8. The van der Waals surface area contributed by atoms with Crippen molar-refractivity contribution in [3.63, 3.8) is 0 Å². The molecule has 26 heavy (non-hydrogen) atoms. The first-order valence-electron chi connectivity index (χ1n) is 8.25. The molecule has 3 rings (SSSR count). The summed E-state index contributed by atoms with van der Waals surface area (Å²) in [6.07, 6.45) is -0.0321. The molecule has 0 amide bonds. The van der Waals surface area contributed by atoms with Crippen molar-refractivity contribution in [1.29, 1.82) is 0 Å². The third-order valence-electron chi connectivity index (χ3n) is 4.18. The van der Waals surface area contributed by atoms with Gasteiger partial charge in [0.2, 0.25) is 5.95 Å². The van der Waals surface area contributed by atoms with Gasteiger partial charge in [-0.15, -0.1) is 0 Å². The molecule has 0 bridgehead atoms. The Bertz CT molecular complexity index is 1050. The van der Waals surface area contributed by atoms with Crippen molar-refractivity contribution in [1.82, 2.24) is 19.1 Å². The van der Waals surface area contributed by atoms with E-state index in [1.807, 2.05) is 31.2 Å². The SMILES string of the molecule is CCc1cccc(OC[C@@H](O)Cn2c(N)nc3c2c(=O)[nH]c(=O)n3C)c1. The van der Waals surface area contributed by atoms with Crippen LogP contribution >= 0.6 is 0 Å². The molecule has 9 nitrogen and oxygen atoms in total. The first-order valence-corrected chi connectivity index (χ1v) is 8.25. The number of ether oxygens (including phenoxy) is 1. The van der Waals surface area contributed by atoms with Crippen molar-refractivity contribution in [2.45, 2.75) is 26.0 Å². The second-order valence-corrected chi connectivity index (χ2v) is 6.04. The van der Waals surface area contributed by atoms with E-state index in [1.165, 1.54) is 16.2 Å². The van der Waals surface area contributed by atoms with Crippen LogP contribution in [0.25, 0.3) is 11.2 Å². The number of rotatable bonds is 6. The molecule has 2 heterocycles. The summed E-state index contributed by atoms with van der Waals surface area (Å²) in [7, 11) is 1.48. The lowest BCUT2D eigenvalue weighted by atomic mass is 10.2. The van der Waals surface area contributed by atoms with Crippen molar-refractivity contribution in [2.75, 3.05) is 12.3 Å². The van der Waals surface area contributed by atoms with Gasteiger partial charge in [-0.2, -0.15) is 4.98 Å². The Balaban J connectivity index is 1.80. The first-order chi connectivity index (χ1) is 12.4. The number of aromatic nitrogens is 4. The summed E-state index contributed by atoms with van der Waals surface area (Å²) in [5.74, 6) is 0.700. The van der Waals surface area contributed by atoms with Gasteiger partial charge in [-0.1, -0.05) is 19.1 Å². The van der Waals surface area contributed by atoms with Gasteiger partial charge in [0.1, 0.15) is 18.5 Å². The highest BCUT2D eigenvalue weighted by Gasteiger charge is 2.18. The van der Waals surface area contributed by atoms with Crippen LogP contribution in [0, 0.1) is 0 Å². The molecule has 1 aromatic carbocycles. The molecule has 0 saturated heterocycles. The quantitative estimate of drug-likeness (QED) is 0.569. The average molecular weight is 359 g/mol. The molecule has 0 spiro atoms. The van der Waals surface area contributed by atoms with E-state index >= 15 is 0 Å². The fourth-order valence-corrected chi connectivity index (χ4v) is 2.75. The highest BCUT2D eigenvalue weighted by atomic mass is 16.5. The molecule has 4 N–H and O–H groups in total. The average Bonchev–Trinajstić information content (AvgIpc) is 2.95. The number of imidazole rings is 1. The number of nitrogens with two attached hydrogens (primary N) is 1. The van der Waals surface area contributed by atoms with E-state index in [1.54, 1.807) is 0 Å². The van der Waals surface area contributed by atoms with E-state index < -0.39 is 17.4 Å². The van der Waals surface area contributed by atoms with Gasteiger partial charge in [-0.05, 0) is 24.1 Å². The Morgan fingerprint density at radius 1 is 1.38 bits per heavy atom. The number of hydrogen-bond acceptors (Lipinski definition) is 6. The third-order valence-corrected chi connectivity index (χ3v) is 4.18. The van der Waals surface area contributed by atoms with E-state index in [0.717, 1.165) is 12.0 Å². The number of hydrogen-bond donors (Lipinski definition) is 3. The van der Waals surface area contributed by atoms with E-state index in [2.05, 4.69) is 9.97 Å². The molecule has 0 unspecified atom stereocenters. The van der Waals surface area contributed by atoms with Crippen LogP contribution in [0.3, 0.4) is 0 Å². The van der Waals surface area contributed by atoms with E-state index in [0.29, 0.717) is 5.75 Å². The minimum atomic E-state index is -0.920. The van der Waals surface area contributed by atoms with Crippen molar-refractivity contribution in [3.05, 3.63) is 50.7 Å². The van der Waals surface area contributed by atoms with Crippen molar-refractivity contribution in [3.8, 4) is 5.75 Å². The van der Waals surface area contributed by atoms with Crippen LogP contribution in [0.4, 0.5) is 5.95 Å². The molecule has 0 aliphatic rings. The van der Waals surface area contributed by atoms with Gasteiger partial charge < -0.3 is 20.1 Å². The Morgan fingerprint density at radius 3 is 2.88 bits per heavy atom. The van der Waals surface area contributed by atoms with Crippen molar-refractivity contribution in [2.24, 2.45) is 7.05 Å². The summed E-state index contributed by atoms with van der Waals surface area (Å²) < 4.78 is 8.19. The molecule has 0 aliphatic carbocycles. The van der Waals surface area contributed by atoms with Crippen LogP contribution in [-0.2, 0) is 20.0 Å². The molecule has 0 fully saturated rings. The van der Waals surface area contributed by atoms with Gasteiger partial charge in [0.25, 0.3) is 5.56 Å². The second kappa shape index (κ2) is 7.04. The molecule has 3 aromatic rings. The van der Waals surface area contributed by atoms with Gasteiger partial charge in [-0.25, -0.2) is 4.79 Å². The zero-order valence-corrected chi connectivity index (χ0v) is 14.6. The minimum Gasteiger partial charge on any atom is -0.491 e. The first kappa shape index (κ1) is 17.7. The highest BCUT2D eigenvalue weighted by Crippen LogP contribution is 2.16. The summed E-state index contributed by atoms with van der Waals surface area (Å²) in [6.45, 7) is 2.08. The lowest BCUT2D eigenvalue weighted by Gasteiger charge is -2.14. The second-order valence-electron chi connectivity index (χ2n) is 6.04. The number of anilines is 1. The lowest BCUT2D eigenvalue weighted by Crippen LogP contribution is -2.30. The number of nitrogen functional groups attached to an aromatic ring is 1. The standard InChI is InChI=1S/C17H21N5O4/c1-3-10-5-4-6-12(7-10)26-9-11(23)8-22-13-14(19-16(22)18)21(2)17(25)20-15(13)24/h4-7,11,23H,3,8-9H2,1-2H3,(H2,18,19)(H,20,24,25)/t11-/m0/s1. The van der Waals surface area contributed by atoms with Gasteiger partial charge in [0.05, 0.1) is 6.54 Å². The molecular weight excluding hydrogens is 338 g/mol. The maximum absolute atomic E-state index is 12.1. The monoisotopic (exact) mass is 359 g/mol. The molecule has 0 saturated carbocycles. The summed E-state index contributed by atoms with van der Waals surface area (Å²) >= 11 is 0. The molecular formula is C17H21N5O4. The molecule has 9 heteroatoms. The van der Waals surface area contributed by atoms with E-state index in [-0.39, 0.29) is 30.3 Å². The number of aliphatic hydroxyl groups excluding tert-OH is 1. The third kappa shape index (κ3) is 3.33. The van der Waals surface area contributed by atoms with Crippen molar-refractivity contribution < 1.29 is 9.84 Å². The summed E-state index contributed by atoms with van der Waals surface area (Å²) in [5, 5.41) is 10.3. The molecule has 2 aromatic heterocycles. The summed E-state index contributed by atoms with van der Waals surface area (Å²) in [4.78, 5) is 30.0. The molecule has 138 valence electrons. The van der Waals surface area contributed by atoms with Crippen LogP contribution in [0.2, 0.25) is 0 Å². The zero-order valence-electron chi connectivity index (χ0n) is 14.6. The van der Waals surface area contributed by atoms with Crippen LogP contribution in [-0.4, -0.2) is 36.9 Å². The minimum absolute atomic E-state index is 0.0110. The number of fused-ring (bicyclic) bond motifs is 1. The van der Waals surface area contributed by atoms with Crippen LogP contribution in [0.1, 0.15) is 12.5 Å². The number of nitrogens with zero attached hydrogens (tertiary/aromatic N) is 3. The predicted octanol–water partition coefficient (Wildman–Crippen LogP) is 0.00780. The Kier molecular flexibility index (Phi) is 4.81. The Morgan fingerprint density at radius 2 is 2.15 bits per heavy atom. The smallest absolute Gasteiger partial charge is 0.329 e. The summed E-state index contributed by atoms with van der Waals surface area (Å²) in [5.41, 5.74) is 6.12. The fraction of sp³-hybridized carbons (Fsp3) is 0.353. The Hall–Kier alpha value is -3.07. The maximum Gasteiger partial charge on any atom is 0.329 e. The summed E-state index contributed by atoms with van der Waals surface area (Å²) in [6, 6.07) is 7.61. The number of aromatic amines is 1. The van der Waals surface area contributed by atoms with Gasteiger partial charge in [-0.3, -0.25) is 14.3 Å². The van der Waals surface area contributed by atoms with Gasteiger partial charge in [0, 0.05) is 7.05 Å². The Labute approximate surface area is 148 Å². The lowest BCUT2D eigenvalue weighted by molar-refractivity contribution is 0.0938. The molecule has 0 aliphatic heterocycles. The number of nitrogens with one attached hydrogen (secondary N) is 1. The number of aliphatic hydroxyl groups is 1. The number of aryl methyl sites for hydroxylation is 2. The van der Waals surface area contributed by atoms with Gasteiger partial charge >= 0.3 is 5.69 Å². The predicted molar refractivity (Wildman–Crippen MR) is 97.3 cm³/mol. The normalized spacial score (nSPS) is 12.4. The fourth-order valence-electron chi connectivity index (χ4n) is 2.75. The van der Waals surface area contributed by atoms with E-state index in [9.17, 15) is 14.7 Å².